The Morgan fingerprint density at radius 3 is 2.58 bits per heavy atom. The van der Waals surface area contributed by atoms with Gasteiger partial charge in [-0.25, -0.2) is 9.59 Å². The standard InChI is InChI=1S/C23H30N6O7/c1-23(2,3)36-19(31)12-16(24-22(34)35-14-15-8-5-4-6-9-15)18(30)13-29-26-21(25-27-29)28-11-7-10-17(28)20(32)33/h4-6,8-9,16-17H,7,10-14H2,1-3H3,(H,24,34)(H,32,33)/t16?,17-/m0/s1. The summed E-state index contributed by atoms with van der Waals surface area (Å²) in [5.41, 5.74) is -0.0272. The molecule has 13 heteroatoms. The summed E-state index contributed by atoms with van der Waals surface area (Å²) in [5.74, 6) is -2.17. The number of nitrogens with one attached hydrogen (secondary N) is 1. The molecule has 2 atom stereocenters. The van der Waals surface area contributed by atoms with E-state index in [4.69, 9.17) is 9.47 Å². The summed E-state index contributed by atoms with van der Waals surface area (Å²) < 4.78 is 10.5. The van der Waals surface area contributed by atoms with E-state index in [0.29, 0.717) is 19.4 Å². The molecule has 1 saturated heterocycles. The van der Waals surface area contributed by atoms with Crippen molar-refractivity contribution in [3.05, 3.63) is 35.9 Å². The SMILES string of the molecule is CC(C)(C)OC(=O)CC(NC(=O)OCc1ccccc1)C(=O)Cn1nnc(N2CCC[C@H]2C(=O)O)n1. The zero-order chi connectivity index (χ0) is 26.3. The van der Waals surface area contributed by atoms with Crippen molar-refractivity contribution in [2.75, 3.05) is 11.4 Å². The Bertz CT molecular complexity index is 1080. The number of carbonyl (C=O) groups excluding carboxylic acids is 3. The highest BCUT2D eigenvalue weighted by Crippen LogP contribution is 2.21. The van der Waals surface area contributed by atoms with Crippen molar-refractivity contribution >= 4 is 29.8 Å². The Morgan fingerprint density at radius 1 is 1.19 bits per heavy atom. The number of benzene rings is 1. The molecule has 0 spiro atoms. The van der Waals surface area contributed by atoms with E-state index < -0.39 is 54.5 Å². The van der Waals surface area contributed by atoms with Gasteiger partial charge in [0, 0.05) is 6.54 Å². The largest absolute Gasteiger partial charge is 0.480 e. The van der Waals surface area contributed by atoms with E-state index >= 15 is 0 Å². The van der Waals surface area contributed by atoms with Gasteiger partial charge in [0.15, 0.2) is 5.78 Å². The van der Waals surface area contributed by atoms with Gasteiger partial charge in [-0.3, -0.25) is 9.59 Å². The van der Waals surface area contributed by atoms with Crippen molar-refractivity contribution in [3.63, 3.8) is 0 Å². The Hall–Kier alpha value is -4.03. The van der Waals surface area contributed by atoms with E-state index in [0.717, 1.165) is 10.4 Å². The van der Waals surface area contributed by atoms with Gasteiger partial charge in [-0.05, 0) is 44.4 Å². The van der Waals surface area contributed by atoms with Crippen LogP contribution in [-0.2, 0) is 37.0 Å². The summed E-state index contributed by atoms with van der Waals surface area (Å²) in [7, 11) is 0. The highest BCUT2D eigenvalue weighted by molar-refractivity contribution is 5.90. The third-order valence-electron chi connectivity index (χ3n) is 5.22. The molecule has 13 nitrogen and oxygen atoms in total. The van der Waals surface area contributed by atoms with Crippen LogP contribution in [0.15, 0.2) is 30.3 Å². The monoisotopic (exact) mass is 502 g/mol. The van der Waals surface area contributed by atoms with Gasteiger partial charge in [-0.2, -0.15) is 4.80 Å². The second-order valence-corrected chi connectivity index (χ2v) is 9.33. The molecule has 0 radical (unpaired) electrons. The van der Waals surface area contributed by atoms with Gasteiger partial charge in [-0.1, -0.05) is 35.4 Å². The lowest BCUT2D eigenvalue weighted by Gasteiger charge is -2.22. The highest BCUT2D eigenvalue weighted by atomic mass is 16.6. The second kappa shape index (κ2) is 11.6. The first-order chi connectivity index (χ1) is 17.0. The fourth-order valence-electron chi connectivity index (χ4n) is 3.63. The van der Waals surface area contributed by atoms with E-state index in [1.165, 1.54) is 4.90 Å². The van der Waals surface area contributed by atoms with Crippen LogP contribution in [-0.4, -0.2) is 73.4 Å². The van der Waals surface area contributed by atoms with Crippen molar-refractivity contribution in [1.29, 1.82) is 0 Å². The number of nitrogens with zero attached hydrogens (tertiary/aromatic N) is 5. The Kier molecular flexibility index (Phi) is 8.56. The molecule has 0 aliphatic carbocycles. The number of amides is 1. The zero-order valence-electron chi connectivity index (χ0n) is 20.4. The van der Waals surface area contributed by atoms with E-state index in [1.807, 2.05) is 6.07 Å². The summed E-state index contributed by atoms with van der Waals surface area (Å²) >= 11 is 0. The van der Waals surface area contributed by atoms with Crippen molar-refractivity contribution in [1.82, 2.24) is 25.5 Å². The third kappa shape index (κ3) is 7.75. The smallest absolute Gasteiger partial charge is 0.408 e. The predicted octanol–water partition coefficient (Wildman–Crippen LogP) is 1.32. The number of esters is 1. The van der Waals surface area contributed by atoms with Crippen LogP contribution >= 0.6 is 0 Å². The summed E-state index contributed by atoms with van der Waals surface area (Å²) in [6, 6.07) is 6.95. The number of hydrogen-bond donors (Lipinski definition) is 2. The van der Waals surface area contributed by atoms with Crippen LogP contribution in [0.25, 0.3) is 0 Å². The minimum atomic E-state index is -1.27. The minimum Gasteiger partial charge on any atom is -0.480 e. The molecule has 36 heavy (non-hydrogen) atoms. The molecule has 1 aromatic carbocycles. The summed E-state index contributed by atoms with van der Waals surface area (Å²) in [6.07, 6.45) is -0.187. The number of carboxylic acid groups (broad SMARTS) is 1. The van der Waals surface area contributed by atoms with Crippen LogP contribution in [0.1, 0.15) is 45.6 Å². The molecule has 194 valence electrons. The molecule has 1 unspecified atom stereocenters. The Labute approximate surface area is 207 Å². The number of ketones is 1. The number of aromatic nitrogens is 4. The first-order valence-electron chi connectivity index (χ1n) is 11.5. The molecule has 1 aromatic heterocycles. The fourth-order valence-corrected chi connectivity index (χ4v) is 3.63. The van der Waals surface area contributed by atoms with Crippen LogP contribution < -0.4 is 10.2 Å². The lowest BCUT2D eigenvalue weighted by atomic mass is 10.1. The zero-order valence-corrected chi connectivity index (χ0v) is 20.4. The first-order valence-corrected chi connectivity index (χ1v) is 11.5. The third-order valence-corrected chi connectivity index (χ3v) is 5.22. The molecule has 0 bridgehead atoms. The lowest BCUT2D eigenvalue weighted by Crippen LogP contribution is -2.45. The van der Waals surface area contributed by atoms with Crippen LogP contribution in [0.4, 0.5) is 10.7 Å². The number of aliphatic carboxylic acids is 1. The molecule has 2 N–H and O–H groups in total. The number of rotatable bonds is 10. The normalized spacial score (nSPS) is 16.3. The maximum Gasteiger partial charge on any atom is 0.408 e. The molecule has 2 aromatic rings. The Balaban J connectivity index is 1.66. The molecule has 2 heterocycles. The van der Waals surface area contributed by atoms with E-state index in [2.05, 4.69) is 20.7 Å². The van der Waals surface area contributed by atoms with Crippen molar-refractivity contribution in [2.45, 2.75) is 70.9 Å². The Morgan fingerprint density at radius 2 is 1.92 bits per heavy atom. The van der Waals surface area contributed by atoms with Gasteiger partial charge < -0.3 is 24.8 Å². The number of carboxylic acids is 1. The number of carbonyl (C=O) groups is 4. The van der Waals surface area contributed by atoms with Crippen molar-refractivity contribution in [2.24, 2.45) is 0 Å². The van der Waals surface area contributed by atoms with Gasteiger partial charge in [-0.15, -0.1) is 5.10 Å². The molecular formula is C23H30N6O7. The summed E-state index contributed by atoms with van der Waals surface area (Å²) in [5, 5.41) is 23.6. The van der Waals surface area contributed by atoms with Gasteiger partial charge in [0.1, 0.15) is 30.8 Å². The van der Waals surface area contributed by atoms with E-state index in [9.17, 15) is 24.3 Å². The van der Waals surface area contributed by atoms with E-state index in [-0.39, 0.29) is 12.6 Å². The average Bonchev–Trinajstić information content (AvgIpc) is 3.46. The predicted molar refractivity (Wildman–Crippen MR) is 125 cm³/mol. The maximum absolute atomic E-state index is 13.0. The quantitative estimate of drug-likeness (QED) is 0.450. The van der Waals surface area contributed by atoms with Crippen LogP contribution in [0.5, 0.6) is 0 Å². The molecule has 1 aliphatic rings. The van der Waals surface area contributed by atoms with Crippen LogP contribution in [0, 0.1) is 0 Å². The minimum absolute atomic E-state index is 0.0193. The summed E-state index contributed by atoms with van der Waals surface area (Å²) in [6.45, 7) is 5.08. The van der Waals surface area contributed by atoms with Gasteiger partial charge in [0.05, 0.1) is 6.42 Å². The van der Waals surface area contributed by atoms with Crippen LogP contribution in [0.3, 0.4) is 0 Å². The highest BCUT2D eigenvalue weighted by Gasteiger charge is 2.34. The molecular weight excluding hydrogens is 472 g/mol. The van der Waals surface area contributed by atoms with Crippen molar-refractivity contribution in [3.8, 4) is 0 Å². The number of anilines is 1. The number of hydrogen-bond acceptors (Lipinski definition) is 10. The average molecular weight is 503 g/mol. The number of Topliss-reactive ketones (excluding diaryl/α,β-unsaturated/α-hetero) is 1. The fraction of sp³-hybridized carbons (Fsp3) is 0.522. The van der Waals surface area contributed by atoms with Gasteiger partial charge in [0.25, 0.3) is 5.95 Å². The lowest BCUT2D eigenvalue weighted by molar-refractivity contribution is -0.156. The van der Waals surface area contributed by atoms with Gasteiger partial charge >= 0.3 is 18.0 Å². The number of alkyl carbamates (subject to hydrolysis) is 1. The van der Waals surface area contributed by atoms with Crippen molar-refractivity contribution < 1.29 is 33.8 Å². The molecule has 0 saturated carbocycles. The number of ether oxygens (including phenoxy) is 2. The topological polar surface area (TPSA) is 166 Å². The van der Waals surface area contributed by atoms with Crippen LogP contribution in [0.2, 0.25) is 0 Å². The molecule has 3 rings (SSSR count). The summed E-state index contributed by atoms with van der Waals surface area (Å²) in [4.78, 5) is 51.7. The second-order valence-electron chi connectivity index (χ2n) is 9.33. The van der Waals surface area contributed by atoms with Gasteiger partial charge in [0.2, 0.25) is 0 Å². The first kappa shape index (κ1) is 26.6. The maximum atomic E-state index is 13.0. The molecule has 1 fully saturated rings. The molecule has 1 aliphatic heterocycles. The molecule has 1 amide bonds. The number of tetrazole rings is 1. The van der Waals surface area contributed by atoms with E-state index in [1.54, 1.807) is 45.0 Å².